The number of aryl methyl sites for hydroxylation is 1. The zero-order valence-electron chi connectivity index (χ0n) is 17.2. The van der Waals surface area contributed by atoms with Crippen molar-refractivity contribution in [1.82, 2.24) is 5.32 Å². The van der Waals surface area contributed by atoms with Crippen LogP contribution in [0.2, 0.25) is 0 Å². The summed E-state index contributed by atoms with van der Waals surface area (Å²) < 4.78 is 5.70. The summed E-state index contributed by atoms with van der Waals surface area (Å²) in [5, 5.41) is 5.72. The molecule has 0 aliphatic heterocycles. The fourth-order valence-electron chi connectivity index (χ4n) is 2.96. The first kappa shape index (κ1) is 21.1. The number of carbonyl (C=O) groups excluding carboxylic acids is 2. The highest BCUT2D eigenvalue weighted by Crippen LogP contribution is 2.17. The van der Waals surface area contributed by atoms with Gasteiger partial charge in [0.15, 0.2) is 6.10 Å². The van der Waals surface area contributed by atoms with Gasteiger partial charge in [-0.25, -0.2) is 0 Å². The molecule has 0 heterocycles. The lowest BCUT2D eigenvalue weighted by Gasteiger charge is -2.16. The molecule has 3 aromatic rings. The molecule has 0 bridgehead atoms. The van der Waals surface area contributed by atoms with Crippen molar-refractivity contribution in [3.8, 4) is 5.75 Å². The minimum atomic E-state index is -0.707. The third kappa shape index (κ3) is 5.95. The van der Waals surface area contributed by atoms with Gasteiger partial charge in [-0.1, -0.05) is 60.2 Å². The van der Waals surface area contributed by atoms with E-state index in [1.54, 1.807) is 31.2 Å². The van der Waals surface area contributed by atoms with Crippen molar-refractivity contribution in [2.75, 3.05) is 11.9 Å². The normalized spacial score (nSPS) is 11.4. The van der Waals surface area contributed by atoms with Crippen molar-refractivity contribution in [2.45, 2.75) is 26.4 Å². The van der Waals surface area contributed by atoms with Gasteiger partial charge < -0.3 is 15.4 Å². The summed E-state index contributed by atoms with van der Waals surface area (Å²) in [6.45, 7) is 4.18. The first-order valence-electron chi connectivity index (χ1n) is 9.98. The molecule has 0 radical (unpaired) electrons. The first-order chi connectivity index (χ1) is 14.5. The van der Waals surface area contributed by atoms with Gasteiger partial charge in [0.2, 0.25) is 0 Å². The highest BCUT2D eigenvalue weighted by atomic mass is 16.5. The van der Waals surface area contributed by atoms with Gasteiger partial charge in [-0.3, -0.25) is 9.59 Å². The molecule has 0 aliphatic rings. The number of amides is 2. The van der Waals surface area contributed by atoms with Crippen LogP contribution in [0.25, 0.3) is 0 Å². The molecule has 1 atom stereocenters. The number of carbonyl (C=O) groups is 2. The zero-order chi connectivity index (χ0) is 21.3. The van der Waals surface area contributed by atoms with Gasteiger partial charge in [0, 0.05) is 6.54 Å². The predicted molar refractivity (Wildman–Crippen MR) is 119 cm³/mol. The Morgan fingerprint density at radius 1 is 0.900 bits per heavy atom. The average Bonchev–Trinajstić information content (AvgIpc) is 2.76. The Labute approximate surface area is 177 Å². The summed E-state index contributed by atoms with van der Waals surface area (Å²) in [7, 11) is 0. The van der Waals surface area contributed by atoms with Crippen molar-refractivity contribution < 1.29 is 14.3 Å². The molecule has 0 spiro atoms. The molecule has 0 unspecified atom stereocenters. The smallest absolute Gasteiger partial charge is 0.265 e. The number of para-hydroxylation sites is 1. The molecule has 5 heteroatoms. The molecule has 2 amide bonds. The van der Waals surface area contributed by atoms with Crippen molar-refractivity contribution in [3.63, 3.8) is 0 Å². The largest absolute Gasteiger partial charge is 0.481 e. The number of hydrogen-bond donors (Lipinski definition) is 2. The Morgan fingerprint density at radius 3 is 2.30 bits per heavy atom. The minimum Gasteiger partial charge on any atom is -0.481 e. The Morgan fingerprint density at radius 2 is 1.57 bits per heavy atom. The number of hydrogen-bond acceptors (Lipinski definition) is 3. The van der Waals surface area contributed by atoms with E-state index in [4.69, 9.17) is 4.74 Å². The molecule has 0 saturated carbocycles. The highest BCUT2D eigenvalue weighted by molar-refractivity contribution is 6.04. The molecule has 0 saturated heterocycles. The van der Waals surface area contributed by atoms with E-state index >= 15 is 0 Å². The molecule has 2 N–H and O–H groups in total. The van der Waals surface area contributed by atoms with Crippen LogP contribution in [0.4, 0.5) is 5.69 Å². The van der Waals surface area contributed by atoms with E-state index in [0.29, 0.717) is 23.5 Å². The number of nitrogens with one attached hydrogen (secondary N) is 2. The monoisotopic (exact) mass is 402 g/mol. The second-order valence-electron chi connectivity index (χ2n) is 7.10. The van der Waals surface area contributed by atoms with Gasteiger partial charge in [-0.15, -0.1) is 0 Å². The van der Waals surface area contributed by atoms with Gasteiger partial charge in [-0.2, -0.15) is 0 Å². The predicted octanol–water partition coefficient (Wildman–Crippen LogP) is 4.37. The van der Waals surface area contributed by atoms with Gasteiger partial charge >= 0.3 is 0 Å². The van der Waals surface area contributed by atoms with Gasteiger partial charge in [0.1, 0.15) is 5.75 Å². The van der Waals surface area contributed by atoms with Crippen LogP contribution < -0.4 is 15.4 Å². The SMILES string of the molecule is Cc1ccc(O[C@@H](C)C(=O)Nc2ccccc2C(=O)NCCc2ccccc2)cc1. The maximum Gasteiger partial charge on any atom is 0.265 e. The number of ether oxygens (including phenoxy) is 1. The van der Waals surface area contributed by atoms with Crippen LogP contribution >= 0.6 is 0 Å². The maximum atomic E-state index is 12.6. The molecule has 0 fully saturated rings. The molecule has 5 nitrogen and oxygen atoms in total. The lowest BCUT2D eigenvalue weighted by molar-refractivity contribution is -0.122. The summed E-state index contributed by atoms with van der Waals surface area (Å²) in [5.41, 5.74) is 3.15. The highest BCUT2D eigenvalue weighted by Gasteiger charge is 2.18. The Balaban J connectivity index is 1.58. The van der Waals surface area contributed by atoms with Gasteiger partial charge in [-0.05, 0) is 50.1 Å². The molecule has 0 aliphatic carbocycles. The Bertz CT molecular complexity index is 985. The van der Waals surface area contributed by atoms with Crippen LogP contribution in [-0.2, 0) is 11.2 Å². The number of benzene rings is 3. The van der Waals surface area contributed by atoms with E-state index < -0.39 is 6.10 Å². The minimum absolute atomic E-state index is 0.228. The van der Waals surface area contributed by atoms with Crippen molar-refractivity contribution in [3.05, 3.63) is 95.6 Å². The van der Waals surface area contributed by atoms with Crippen molar-refractivity contribution in [1.29, 1.82) is 0 Å². The van der Waals surface area contributed by atoms with E-state index in [1.807, 2.05) is 61.5 Å². The standard InChI is InChI=1S/C25H26N2O3/c1-18-12-14-21(15-13-18)30-19(2)24(28)27-23-11-7-6-10-22(23)25(29)26-17-16-20-8-4-3-5-9-20/h3-15,19H,16-17H2,1-2H3,(H,26,29)(H,27,28)/t19-/m0/s1. The van der Waals surface area contributed by atoms with E-state index in [0.717, 1.165) is 17.5 Å². The lowest BCUT2D eigenvalue weighted by atomic mass is 10.1. The second-order valence-corrected chi connectivity index (χ2v) is 7.10. The summed E-state index contributed by atoms with van der Waals surface area (Å²) in [5.74, 6) is 0.0734. The third-order valence-corrected chi connectivity index (χ3v) is 4.67. The Hall–Kier alpha value is -3.60. The molecule has 3 rings (SSSR count). The van der Waals surface area contributed by atoms with Crippen LogP contribution in [0, 0.1) is 6.92 Å². The van der Waals surface area contributed by atoms with Crippen molar-refractivity contribution in [2.24, 2.45) is 0 Å². The molecule has 3 aromatic carbocycles. The fourth-order valence-corrected chi connectivity index (χ4v) is 2.96. The van der Waals surface area contributed by atoms with Crippen LogP contribution in [-0.4, -0.2) is 24.5 Å². The van der Waals surface area contributed by atoms with Crippen molar-refractivity contribution >= 4 is 17.5 Å². The molecule has 30 heavy (non-hydrogen) atoms. The molecule has 154 valence electrons. The molecule has 0 aromatic heterocycles. The number of anilines is 1. The van der Waals surface area contributed by atoms with E-state index in [9.17, 15) is 9.59 Å². The summed E-state index contributed by atoms with van der Waals surface area (Å²) >= 11 is 0. The van der Waals surface area contributed by atoms with E-state index in [1.165, 1.54) is 0 Å². The van der Waals surface area contributed by atoms with Crippen LogP contribution in [0.5, 0.6) is 5.75 Å². The number of rotatable bonds is 8. The first-order valence-corrected chi connectivity index (χ1v) is 9.98. The quantitative estimate of drug-likeness (QED) is 0.588. The van der Waals surface area contributed by atoms with Crippen LogP contribution in [0.3, 0.4) is 0 Å². The second kappa shape index (κ2) is 10.3. The molecular weight excluding hydrogens is 376 g/mol. The summed E-state index contributed by atoms with van der Waals surface area (Å²) in [6.07, 6.45) is 0.0321. The lowest BCUT2D eigenvalue weighted by Crippen LogP contribution is -2.32. The molecular formula is C25H26N2O3. The van der Waals surface area contributed by atoms with Crippen LogP contribution in [0.15, 0.2) is 78.9 Å². The van der Waals surface area contributed by atoms with E-state index in [-0.39, 0.29) is 11.8 Å². The van der Waals surface area contributed by atoms with Gasteiger partial charge in [0.25, 0.3) is 11.8 Å². The van der Waals surface area contributed by atoms with Crippen LogP contribution in [0.1, 0.15) is 28.4 Å². The topological polar surface area (TPSA) is 67.4 Å². The average molecular weight is 402 g/mol. The Kier molecular flexibility index (Phi) is 7.22. The zero-order valence-corrected chi connectivity index (χ0v) is 17.2. The maximum absolute atomic E-state index is 12.6. The fraction of sp³-hybridized carbons (Fsp3) is 0.200. The summed E-state index contributed by atoms with van der Waals surface area (Å²) in [6, 6.07) is 24.4. The van der Waals surface area contributed by atoms with Gasteiger partial charge in [0.05, 0.1) is 11.3 Å². The third-order valence-electron chi connectivity index (χ3n) is 4.67. The summed E-state index contributed by atoms with van der Waals surface area (Å²) in [4.78, 5) is 25.2. The van der Waals surface area contributed by atoms with E-state index in [2.05, 4.69) is 10.6 Å².